The molecule has 0 amide bonds. The topological polar surface area (TPSA) is 88.4 Å². The lowest BCUT2D eigenvalue weighted by Gasteiger charge is -2.26. The van der Waals surface area contributed by atoms with Crippen molar-refractivity contribution >= 4 is 23.4 Å². The maximum absolute atomic E-state index is 13.9. The number of methoxy groups -OCH3 is 1. The van der Waals surface area contributed by atoms with Gasteiger partial charge in [0.2, 0.25) is 0 Å². The number of thiazole rings is 1. The molecule has 1 aliphatic heterocycles. The number of allylic oxidation sites excluding steroid dienone is 1. The van der Waals surface area contributed by atoms with E-state index in [9.17, 15) is 9.59 Å². The summed E-state index contributed by atoms with van der Waals surface area (Å²) in [4.78, 5) is 32.3. The van der Waals surface area contributed by atoms with Crippen molar-refractivity contribution in [2.75, 3.05) is 26.9 Å². The normalized spacial score (nSPS) is 15.2. The van der Waals surface area contributed by atoms with Crippen molar-refractivity contribution < 1.29 is 23.7 Å². The molecule has 1 atom stereocenters. The van der Waals surface area contributed by atoms with Gasteiger partial charge in [-0.15, -0.1) is 0 Å². The minimum absolute atomic E-state index is 0.195. The van der Waals surface area contributed by atoms with E-state index in [2.05, 4.69) is 18.8 Å². The number of para-hydroxylation sites is 1. The predicted octanol–water partition coefficient (Wildman–Crippen LogP) is 4.24. The molecular weight excluding hydrogens is 516 g/mol. The van der Waals surface area contributed by atoms with E-state index in [1.165, 1.54) is 11.3 Å². The fourth-order valence-electron chi connectivity index (χ4n) is 4.37. The van der Waals surface area contributed by atoms with Crippen LogP contribution in [0, 0.1) is 5.92 Å². The average molecular weight is 551 g/mol. The van der Waals surface area contributed by atoms with Crippen molar-refractivity contribution in [3.05, 3.63) is 84.5 Å². The number of nitrogens with zero attached hydrogens (tertiary/aromatic N) is 2. The minimum Gasteiger partial charge on any atom is -0.493 e. The molecule has 2 aromatic carbocycles. The molecule has 2 heterocycles. The van der Waals surface area contributed by atoms with Crippen LogP contribution >= 0.6 is 11.3 Å². The maximum atomic E-state index is 13.9. The summed E-state index contributed by atoms with van der Waals surface area (Å²) < 4.78 is 24.8. The highest BCUT2D eigenvalue weighted by molar-refractivity contribution is 7.07. The van der Waals surface area contributed by atoms with Crippen LogP contribution in [0.15, 0.2) is 63.5 Å². The first-order valence-electron chi connectivity index (χ1n) is 13.0. The summed E-state index contributed by atoms with van der Waals surface area (Å²) in [5.41, 5.74) is 1.99. The van der Waals surface area contributed by atoms with Gasteiger partial charge in [0, 0.05) is 5.56 Å². The van der Waals surface area contributed by atoms with Crippen LogP contribution in [-0.4, -0.2) is 37.5 Å². The molecule has 1 unspecified atom stereocenters. The molecule has 0 fully saturated rings. The number of rotatable bonds is 10. The molecule has 0 N–H and O–H groups in total. The van der Waals surface area contributed by atoms with Crippen molar-refractivity contribution in [1.29, 1.82) is 0 Å². The fraction of sp³-hybridized carbons (Fsp3) is 0.367. The number of esters is 1. The Morgan fingerprint density at radius 1 is 1.10 bits per heavy atom. The van der Waals surface area contributed by atoms with Gasteiger partial charge in [0.25, 0.3) is 5.56 Å². The Morgan fingerprint density at radius 3 is 2.49 bits per heavy atom. The second-order valence-electron chi connectivity index (χ2n) is 9.39. The molecule has 0 radical (unpaired) electrons. The second-order valence-corrected chi connectivity index (χ2v) is 10.4. The van der Waals surface area contributed by atoms with Crippen LogP contribution in [0.4, 0.5) is 0 Å². The van der Waals surface area contributed by atoms with Gasteiger partial charge in [-0.1, -0.05) is 49.4 Å². The van der Waals surface area contributed by atoms with Gasteiger partial charge >= 0.3 is 5.97 Å². The number of carbonyl (C=O) groups excluding carboxylic acids is 1. The lowest BCUT2D eigenvalue weighted by Crippen LogP contribution is -2.40. The van der Waals surface area contributed by atoms with E-state index in [1.54, 1.807) is 31.6 Å². The minimum atomic E-state index is -0.800. The molecule has 39 heavy (non-hydrogen) atoms. The summed E-state index contributed by atoms with van der Waals surface area (Å²) in [6, 6.07) is 12.2. The van der Waals surface area contributed by atoms with Crippen molar-refractivity contribution in [3.8, 4) is 17.2 Å². The summed E-state index contributed by atoms with van der Waals surface area (Å²) in [7, 11) is 1.56. The highest BCUT2D eigenvalue weighted by Gasteiger charge is 2.35. The Kier molecular flexibility index (Phi) is 8.91. The summed E-state index contributed by atoms with van der Waals surface area (Å²) in [6.45, 7) is 10.8. The fourth-order valence-corrected chi connectivity index (χ4v) is 5.41. The molecule has 0 saturated carbocycles. The van der Waals surface area contributed by atoms with Gasteiger partial charge in [0.05, 0.1) is 42.7 Å². The van der Waals surface area contributed by atoms with Crippen LogP contribution in [0.2, 0.25) is 0 Å². The highest BCUT2D eigenvalue weighted by atomic mass is 32.1. The first-order chi connectivity index (χ1) is 18.8. The third-order valence-corrected chi connectivity index (χ3v) is 7.07. The zero-order valence-electron chi connectivity index (χ0n) is 23.1. The van der Waals surface area contributed by atoms with Crippen LogP contribution in [0.5, 0.6) is 17.2 Å². The third-order valence-electron chi connectivity index (χ3n) is 6.09. The highest BCUT2D eigenvalue weighted by Crippen LogP contribution is 2.40. The molecule has 1 aliphatic rings. The summed E-state index contributed by atoms with van der Waals surface area (Å²) in [5.74, 6) is 1.65. The van der Waals surface area contributed by atoms with Crippen LogP contribution < -0.4 is 29.1 Å². The van der Waals surface area contributed by atoms with E-state index < -0.39 is 12.0 Å². The standard InChI is InChI=1S/C30H34N2O6S/c1-7-36-27-22(10-9-11-23(27)35-6)26-25(29(34)37-8-2)19(5)31-30-32(26)28(33)24(39-30)16-20-12-14-21(15-13-20)38-17-18(3)4/h9-16,18,26H,7-8,17H2,1-6H3/b24-16-. The summed E-state index contributed by atoms with van der Waals surface area (Å²) in [6.07, 6.45) is 1.82. The van der Waals surface area contributed by atoms with E-state index >= 15 is 0 Å². The van der Waals surface area contributed by atoms with Crippen LogP contribution in [0.1, 0.15) is 51.8 Å². The molecule has 1 aromatic heterocycles. The first-order valence-corrected chi connectivity index (χ1v) is 13.8. The molecule has 206 valence electrons. The molecular formula is C30H34N2O6S. The lowest BCUT2D eigenvalue weighted by molar-refractivity contribution is -0.139. The monoisotopic (exact) mass is 550 g/mol. The van der Waals surface area contributed by atoms with Crippen molar-refractivity contribution in [1.82, 2.24) is 4.57 Å². The Labute approximate surface area is 231 Å². The number of carbonyl (C=O) groups is 1. The molecule has 0 aliphatic carbocycles. The molecule has 0 bridgehead atoms. The van der Waals surface area contributed by atoms with E-state index in [-0.39, 0.29) is 17.7 Å². The predicted molar refractivity (Wildman–Crippen MR) is 151 cm³/mol. The van der Waals surface area contributed by atoms with Crippen molar-refractivity contribution in [2.45, 2.75) is 40.7 Å². The number of hydrogen-bond acceptors (Lipinski definition) is 8. The Bertz CT molecular complexity index is 1550. The van der Waals surface area contributed by atoms with Crippen LogP contribution in [0.25, 0.3) is 6.08 Å². The first kappa shape index (κ1) is 28.2. The molecule has 9 heteroatoms. The van der Waals surface area contributed by atoms with Gasteiger partial charge in [0.15, 0.2) is 16.3 Å². The largest absolute Gasteiger partial charge is 0.493 e. The van der Waals surface area contributed by atoms with Gasteiger partial charge in [0.1, 0.15) is 11.8 Å². The summed E-state index contributed by atoms with van der Waals surface area (Å²) in [5, 5.41) is 0. The Balaban J connectivity index is 1.88. The van der Waals surface area contributed by atoms with Gasteiger partial charge in [-0.25, -0.2) is 9.79 Å². The zero-order chi connectivity index (χ0) is 28.1. The Morgan fingerprint density at radius 2 is 1.85 bits per heavy atom. The number of fused-ring (bicyclic) bond motifs is 1. The third kappa shape index (κ3) is 5.93. The molecule has 0 spiro atoms. The van der Waals surface area contributed by atoms with E-state index in [0.29, 0.717) is 51.2 Å². The number of benzene rings is 2. The number of aromatic nitrogens is 1. The van der Waals surface area contributed by atoms with Crippen molar-refractivity contribution in [3.63, 3.8) is 0 Å². The molecule has 0 saturated heterocycles. The molecule has 3 aromatic rings. The van der Waals surface area contributed by atoms with Crippen LogP contribution in [-0.2, 0) is 9.53 Å². The van der Waals surface area contributed by atoms with Gasteiger partial charge in [-0.2, -0.15) is 0 Å². The lowest BCUT2D eigenvalue weighted by atomic mass is 9.94. The summed E-state index contributed by atoms with van der Waals surface area (Å²) >= 11 is 1.27. The van der Waals surface area contributed by atoms with Crippen molar-refractivity contribution in [2.24, 2.45) is 10.9 Å². The smallest absolute Gasteiger partial charge is 0.338 e. The van der Waals surface area contributed by atoms with Gasteiger partial charge < -0.3 is 18.9 Å². The molecule has 8 nitrogen and oxygen atoms in total. The van der Waals surface area contributed by atoms with E-state index in [0.717, 1.165) is 11.3 Å². The van der Waals surface area contributed by atoms with Crippen LogP contribution in [0.3, 0.4) is 0 Å². The Hall–Kier alpha value is -3.85. The maximum Gasteiger partial charge on any atom is 0.338 e. The van der Waals surface area contributed by atoms with Gasteiger partial charge in [-0.05, 0) is 56.5 Å². The number of hydrogen-bond donors (Lipinski definition) is 0. The van der Waals surface area contributed by atoms with E-state index in [4.69, 9.17) is 18.9 Å². The molecule has 4 rings (SSSR count). The quantitative estimate of drug-likeness (QED) is 0.351. The average Bonchev–Trinajstić information content (AvgIpc) is 3.22. The number of ether oxygens (including phenoxy) is 4. The van der Waals surface area contributed by atoms with E-state index in [1.807, 2.05) is 49.4 Å². The zero-order valence-corrected chi connectivity index (χ0v) is 24.0. The second kappa shape index (κ2) is 12.3. The SMILES string of the molecule is CCOC(=O)C1=C(C)N=c2s/c(=C\c3ccc(OCC(C)C)cc3)c(=O)n2C1c1cccc(OC)c1OCC. The van der Waals surface area contributed by atoms with Gasteiger partial charge in [-0.3, -0.25) is 9.36 Å².